The topological polar surface area (TPSA) is 9.23 Å². The zero-order valence-electron chi connectivity index (χ0n) is 13.5. The highest BCUT2D eigenvalue weighted by atomic mass is 79.9. The van der Waals surface area contributed by atoms with Crippen molar-refractivity contribution in [3.05, 3.63) is 60.2 Å². The number of benzene rings is 1. The van der Waals surface area contributed by atoms with Gasteiger partial charge in [-0.1, -0.05) is 81.5 Å². The molecule has 0 amide bonds. The molecule has 0 fully saturated rings. The number of allylic oxidation sites excluding steroid dienone is 2. The molecule has 0 heterocycles. The molecule has 0 atom stereocenters. The fourth-order valence-corrected chi connectivity index (χ4v) is 3.16. The molecule has 0 saturated carbocycles. The number of unbranched alkanes of at least 4 members (excludes halogenated alkanes) is 5. The lowest BCUT2D eigenvalue weighted by Gasteiger charge is -2.25. The fourth-order valence-electron chi connectivity index (χ4n) is 2.69. The lowest BCUT2D eigenvalue weighted by atomic mass is 9.94. The number of hydrogen-bond acceptors (Lipinski definition) is 1. The van der Waals surface area contributed by atoms with Gasteiger partial charge in [-0.25, -0.2) is 0 Å². The van der Waals surface area contributed by atoms with Crippen LogP contribution in [0.1, 0.15) is 56.9 Å². The van der Waals surface area contributed by atoms with Gasteiger partial charge in [0, 0.05) is 12.5 Å². The van der Waals surface area contributed by atoms with Crippen LogP contribution in [0.15, 0.2) is 54.6 Å². The van der Waals surface area contributed by atoms with Gasteiger partial charge in [-0.3, -0.25) is 0 Å². The van der Waals surface area contributed by atoms with Crippen LogP contribution in [-0.2, 0) is 4.74 Å². The first-order chi connectivity index (χ1) is 10.7. The smallest absolute Gasteiger partial charge is 0.159 e. The van der Waals surface area contributed by atoms with E-state index in [2.05, 4.69) is 77.5 Å². The van der Waals surface area contributed by atoms with Crippen molar-refractivity contribution in [1.82, 2.24) is 0 Å². The van der Waals surface area contributed by atoms with Crippen molar-refractivity contribution < 1.29 is 4.74 Å². The van der Waals surface area contributed by atoms with Crippen molar-refractivity contribution in [1.29, 1.82) is 0 Å². The molecule has 1 aliphatic carbocycles. The standard InChI is InChI=1S/C20H27BrO/c1-2-3-4-5-6-10-17-22-20(21)15-13-19(14-16-20)18-11-8-7-9-12-18/h7-9,11-16,19H,2-6,10,17H2,1H3. The van der Waals surface area contributed by atoms with Crippen molar-refractivity contribution in [2.75, 3.05) is 6.61 Å². The fraction of sp³-hybridized carbons (Fsp3) is 0.500. The van der Waals surface area contributed by atoms with Gasteiger partial charge in [-0.15, -0.1) is 0 Å². The summed E-state index contributed by atoms with van der Waals surface area (Å²) in [5, 5.41) is 0. The summed E-state index contributed by atoms with van der Waals surface area (Å²) >= 11 is 3.69. The van der Waals surface area contributed by atoms with Gasteiger partial charge in [-0.05, 0) is 40.1 Å². The van der Waals surface area contributed by atoms with E-state index in [4.69, 9.17) is 4.74 Å². The predicted molar refractivity (Wildman–Crippen MR) is 98.4 cm³/mol. The molecule has 2 heteroatoms. The van der Waals surface area contributed by atoms with Gasteiger partial charge in [0.1, 0.15) is 0 Å². The Hall–Kier alpha value is -0.860. The Labute approximate surface area is 143 Å². The summed E-state index contributed by atoms with van der Waals surface area (Å²) in [6.45, 7) is 3.06. The quantitative estimate of drug-likeness (QED) is 0.282. The van der Waals surface area contributed by atoms with Crippen LogP contribution < -0.4 is 0 Å². The van der Waals surface area contributed by atoms with E-state index in [-0.39, 0.29) is 0 Å². The number of ether oxygens (including phenoxy) is 1. The summed E-state index contributed by atoms with van der Waals surface area (Å²) < 4.78 is 5.59. The Morgan fingerprint density at radius 1 is 0.955 bits per heavy atom. The summed E-state index contributed by atoms with van der Waals surface area (Å²) in [6, 6.07) is 10.6. The van der Waals surface area contributed by atoms with Crippen molar-refractivity contribution >= 4 is 15.9 Å². The van der Waals surface area contributed by atoms with E-state index in [1.54, 1.807) is 0 Å². The third-order valence-corrected chi connectivity index (χ3v) is 4.82. The Morgan fingerprint density at radius 3 is 2.27 bits per heavy atom. The number of hydrogen-bond donors (Lipinski definition) is 0. The first-order valence-corrected chi connectivity index (χ1v) is 9.29. The van der Waals surface area contributed by atoms with Gasteiger partial charge in [0.25, 0.3) is 0 Å². The molecule has 0 radical (unpaired) electrons. The largest absolute Gasteiger partial charge is 0.356 e. The van der Waals surface area contributed by atoms with E-state index >= 15 is 0 Å². The Bertz CT molecular complexity index is 464. The zero-order chi connectivity index (χ0) is 15.7. The van der Waals surface area contributed by atoms with Crippen LogP contribution in [0, 0.1) is 0 Å². The van der Waals surface area contributed by atoms with Gasteiger partial charge in [0.2, 0.25) is 0 Å². The zero-order valence-corrected chi connectivity index (χ0v) is 15.1. The molecule has 0 unspecified atom stereocenters. The van der Waals surface area contributed by atoms with Crippen molar-refractivity contribution in [3.63, 3.8) is 0 Å². The van der Waals surface area contributed by atoms with Crippen LogP contribution in [0.25, 0.3) is 0 Å². The first kappa shape index (κ1) is 17.5. The van der Waals surface area contributed by atoms with E-state index in [1.165, 1.54) is 37.7 Å². The SMILES string of the molecule is CCCCCCCCOC1(Br)C=CC(c2ccccc2)C=C1. The van der Waals surface area contributed by atoms with E-state index in [0.717, 1.165) is 13.0 Å². The maximum absolute atomic E-state index is 6.00. The third-order valence-electron chi connectivity index (χ3n) is 4.07. The van der Waals surface area contributed by atoms with Crippen LogP contribution in [0.5, 0.6) is 0 Å². The molecule has 0 spiro atoms. The maximum atomic E-state index is 6.00. The van der Waals surface area contributed by atoms with E-state index in [9.17, 15) is 0 Å². The molecule has 1 nitrogen and oxygen atoms in total. The minimum Gasteiger partial charge on any atom is -0.356 e. The van der Waals surface area contributed by atoms with Crippen LogP contribution in [0.2, 0.25) is 0 Å². The van der Waals surface area contributed by atoms with Gasteiger partial charge in [0.15, 0.2) is 4.51 Å². The summed E-state index contributed by atoms with van der Waals surface area (Å²) in [4.78, 5) is 0. The number of alkyl halides is 1. The van der Waals surface area contributed by atoms with Gasteiger partial charge in [0.05, 0.1) is 0 Å². The molecular formula is C20H27BrO. The second-order valence-corrected chi connectivity index (χ2v) is 7.21. The monoisotopic (exact) mass is 362 g/mol. The maximum Gasteiger partial charge on any atom is 0.159 e. The van der Waals surface area contributed by atoms with Gasteiger partial charge < -0.3 is 4.74 Å². The predicted octanol–water partition coefficient (Wildman–Crippen LogP) is 6.36. The lowest BCUT2D eigenvalue weighted by Crippen LogP contribution is -2.22. The minimum absolute atomic E-state index is 0.351. The average molecular weight is 363 g/mol. The normalized spacial score (nSPS) is 23.8. The third kappa shape index (κ3) is 5.73. The summed E-state index contributed by atoms with van der Waals surface area (Å²) in [7, 11) is 0. The van der Waals surface area contributed by atoms with Crippen molar-refractivity contribution in [3.8, 4) is 0 Å². The van der Waals surface area contributed by atoms with Crippen LogP contribution in [-0.4, -0.2) is 11.1 Å². The molecule has 0 aliphatic heterocycles. The van der Waals surface area contributed by atoms with E-state index in [1.807, 2.05) is 0 Å². The molecule has 0 aromatic heterocycles. The second kappa shape index (κ2) is 9.32. The van der Waals surface area contributed by atoms with Crippen LogP contribution >= 0.6 is 15.9 Å². The highest BCUT2D eigenvalue weighted by molar-refractivity contribution is 9.10. The minimum atomic E-state index is -0.415. The van der Waals surface area contributed by atoms with E-state index in [0.29, 0.717) is 5.92 Å². The molecule has 0 N–H and O–H groups in total. The lowest BCUT2D eigenvalue weighted by molar-refractivity contribution is 0.0918. The van der Waals surface area contributed by atoms with Crippen molar-refractivity contribution in [2.45, 2.75) is 55.9 Å². The molecular weight excluding hydrogens is 336 g/mol. The Kier molecular flexibility index (Phi) is 7.41. The highest BCUT2D eigenvalue weighted by Crippen LogP contribution is 2.32. The number of halogens is 1. The van der Waals surface area contributed by atoms with Crippen LogP contribution in [0.3, 0.4) is 0 Å². The van der Waals surface area contributed by atoms with Gasteiger partial charge in [-0.2, -0.15) is 0 Å². The Morgan fingerprint density at radius 2 is 1.59 bits per heavy atom. The molecule has 1 aliphatic rings. The molecule has 1 aromatic carbocycles. The van der Waals surface area contributed by atoms with E-state index < -0.39 is 4.51 Å². The second-order valence-electron chi connectivity index (χ2n) is 5.97. The Balaban J connectivity index is 1.71. The summed E-state index contributed by atoms with van der Waals surface area (Å²) in [5.74, 6) is 0.351. The number of rotatable bonds is 9. The molecule has 120 valence electrons. The van der Waals surface area contributed by atoms with Gasteiger partial charge >= 0.3 is 0 Å². The molecule has 2 rings (SSSR count). The highest BCUT2D eigenvalue weighted by Gasteiger charge is 2.24. The summed E-state index contributed by atoms with van der Waals surface area (Å²) in [6.07, 6.45) is 16.4. The van der Waals surface area contributed by atoms with Crippen molar-refractivity contribution in [2.24, 2.45) is 0 Å². The molecule has 0 saturated heterocycles. The molecule has 22 heavy (non-hydrogen) atoms. The van der Waals surface area contributed by atoms with Crippen LogP contribution in [0.4, 0.5) is 0 Å². The molecule has 1 aromatic rings. The summed E-state index contributed by atoms with van der Waals surface area (Å²) in [5.41, 5.74) is 1.32. The first-order valence-electron chi connectivity index (χ1n) is 8.50. The molecule has 0 bridgehead atoms. The average Bonchev–Trinajstić information content (AvgIpc) is 2.55.